The fraction of sp³-hybridized carbons (Fsp3) is 0.158. The second kappa shape index (κ2) is 17.3. The van der Waals surface area contributed by atoms with Crippen molar-refractivity contribution in [3.63, 3.8) is 0 Å². The number of hydrogen-bond donors (Lipinski definition) is 1. The number of benzene rings is 3. The minimum atomic E-state index is -0.695. The monoisotopic (exact) mass is 709 g/mol. The molecule has 1 aliphatic heterocycles. The van der Waals surface area contributed by atoms with Crippen molar-refractivity contribution in [3.8, 4) is 5.75 Å². The third kappa shape index (κ3) is 8.96. The highest BCUT2D eigenvalue weighted by Crippen LogP contribution is 2.33. The molecule has 0 aromatic heterocycles. The first-order valence-corrected chi connectivity index (χ1v) is 16.8. The van der Waals surface area contributed by atoms with Crippen LogP contribution in [-0.4, -0.2) is 40.1 Å². The van der Waals surface area contributed by atoms with Crippen molar-refractivity contribution in [3.05, 3.63) is 154 Å². The van der Waals surface area contributed by atoms with E-state index in [1.54, 1.807) is 43.4 Å². The van der Waals surface area contributed by atoms with Crippen molar-refractivity contribution in [2.45, 2.75) is 26.3 Å². The molecular weight excluding hydrogens is 674 g/mol. The van der Waals surface area contributed by atoms with Crippen molar-refractivity contribution in [2.24, 2.45) is 4.99 Å². The number of carbonyl (C=O) groups excluding carboxylic acids is 3. The normalized spacial score (nSPS) is 14.5. The SMILES string of the molecule is C=C/C=C\C(=C/C)N1C(=O)/C(=C/c2cc(Br)c(OCC)c(CC=C)c2)C(=O)N=C1SCC(=O)NC(c1ccccc1)c1ccccc1. The van der Waals surface area contributed by atoms with E-state index in [1.165, 1.54) is 11.0 Å². The van der Waals surface area contributed by atoms with E-state index in [1.807, 2.05) is 73.7 Å². The van der Waals surface area contributed by atoms with E-state index in [0.29, 0.717) is 34.5 Å². The van der Waals surface area contributed by atoms with Crippen LogP contribution in [0, 0.1) is 0 Å². The van der Waals surface area contributed by atoms with Gasteiger partial charge in [0.25, 0.3) is 11.8 Å². The molecule has 7 nitrogen and oxygen atoms in total. The van der Waals surface area contributed by atoms with Gasteiger partial charge in [0.15, 0.2) is 5.17 Å². The number of allylic oxidation sites excluding steroid dienone is 5. The molecule has 0 saturated heterocycles. The molecule has 9 heteroatoms. The first-order chi connectivity index (χ1) is 22.8. The summed E-state index contributed by atoms with van der Waals surface area (Å²) in [5.41, 5.74) is 3.70. The number of hydrogen-bond acceptors (Lipinski definition) is 5. The van der Waals surface area contributed by atoms with Crippen LogP contribution in [0.25, 0.3) is 6.08 Å². The lowest BCUT2D eigenvalue weighted by atomic mass is 9.99. The molecule has 47 heavy (non-hydrogen) atoms. The van der Waals surface area contributed by atoms with E-state index in [-0.39, 0.29) is 28.4 Å². The summed E-state index contributed by atoms with van der Waals surface area (Å²) in [7, 11) is 0. The van der Waals surface area contributed by atoms with Gasteiger partial charge in [-0.05, 0) is 82.7 Å². The van der Waals surface area contributed by atoms with Crippen molar-refractivity contribution in [1.82, 2.24) is 10.2 Å². The van der Waals surface area contributed by atoms with Gasteiger partial charge in [0, 0.05) is 5.70 Å². The third-order valence-corrected chi connectivity index (χ3v) is 8.55. The molecule has 3 amide bonds. The number of aliphatic imine (C=N–C) groups is 1. The summed E-state index contributed by atoms with van der Waals surface area (Å²) in [6.45, 7) is 11.7. The number of amidine groups is 1. The van der Waals surface area contributed by atoms with E-state index >= 15 is 0 Å². The minimum Gasteiger partial charge on any atom is -0.492 e. The van der Waals surface area contributed by atoms with Gasteiger partial charge in [-0.1, -0.05) is 103 Å². The van der Waals surface area contributed by atoms with Gasteiger partial charge in [-0.3, -0.25) is 19.3 Å². The zero-order valence-corrected chi connectivity index (χ0v) is 28.7. The van der Waals surface area contributed by atoms with E-state index in [0.717, 1.165) is 28.5 Å². The molecule has 0 saturated carbocycles. The van der Waals surface area contributed by atoms with Crippen molar-refractivity contribution in [2.75, 3.05) is 12.4 Å². The highest BCUT2D eigenvalue weighted by molar-refractivity contribution is 9.10. The standard InChI is InChI=1S/C38H36BrN3O4S/c1-5-9-21-30(7-3)42-37(45)31(23-26-22-29(16-6-2)35(46-8-4)32(39)24-26)36(44)41-38(42)47-25-33(43)40-34(27-17-12-10-13-18-27)28-19-14-11-15-20-28/h5-7,9-15,17-24,34H,1-2,8,16,25H2,3-4H3,(H,40,43)/b21-9-,30-7+,31-23+. The molecular formula is C38H36BrN3O4S. The lowest BCUT2D eigenvalue weighted by molar-refractivity contribution is -0.126. The summed E-state index contributed by atoms with van der Waals surface area (Å²) >= 11 is 4.58. The van der Waals surface area contributed by atoms with Crippen molar-refractivity contribution >= 4 is 56.7 Å². The average Bonchev–Trinajstić information content (AvgIpc) is 3.08. The number of carbonyl (C=O) groups is 3. The lowest BCUT2D eigenvalue weighted by Crippen LogP contribution is -2.42. The summed E-state index contributed by atoms with van der Waals surface area (Å²) < 4.78 is 6.50. The zero-order valence-electron chi connectivity index (χ0n) is 26.3. The van der Waals surface area contributed by atoms with Gasteiger partial charge < -0.3 is 10.1 Å². The Morgan fingerprint density at radius 3 is 2.30 bits per heavy atom. The number of nitrogens with zero attached hydrogens (tertiary/aromatic N) is 2. The molecule has 0 radical (unpaired) electrons. The summed E-state index contributed by atoms with van der Waals surface area (Å²) in [5.74, 6) is -0.936. The summed E-state index contributed by atoms with van der Waals surface area (Å²) in [5, 5.41) is 3.20. The second-order valence-electron chi connectivity index (χ2n) is 10.2. The maximum atomic E-state index is 14.1. The van der Waals surface area contributed by atoms with Crippen LogP contribution in [0.2, 0.25) is 0 Å². The molecule has 0 atom stereocenters. The van der Waals surface area contributed by atoms with Crippen molar-refractivity contribution < 1.29 is 19.1 Å². The number of halogens is 1. The molecule has 1 heterocycles. The predicted molar refractivity (Wildman–Crippen MR) is 195 cm³/mol. The maximum Gasteiger partial charge on any atom is 0.285 e. The summed E-state index contributed by atoms with van der Waals surface area (Å²) in [6.07, 6.45) is 10.5. The molecule has 0 unspecified atom stereocenters. The second-order valence-corrected chi connectivity index (χ2v) is 12.0. The Hall–Kier alpha value is -4.73. The number of rotatable bonds is 13. The molecule has 0 aliphatic carbocycles. The van der Waals surface area contributed by atoms with Gasteiger partial charge in [-0.15, -0.1) is 6.58 Å². The molecule has 1 aliphatic rings. The number of amides is 3. The Morgan fingerprint density at radius 1 is 1.06 bits per heavy atom. The molecule has 0 fully saturated rings. The highest BCUT2D eigenvalue weighted by atomic mass is 79.9. The van der Waals surface area contributed by atoms with Crippen LogP contribution in [0.15, 0.2) is 137 Å². The minimum absolute atomic E-state index is 0.0793. The van der Waals surface area contributed by atoms with Crippen LogP contribution < -0.4 is 10.1 Å². The predicted octanol–water partition coefficient (Wildman–Crippen LogP) is 7.97. The zero-order chi connectivity index (χ0) is 33.8. The van der Waals surface area contributed by atoms with Crippen molar-refractivity contribution in [1.29, 1.82) is 0 Å². The summed E-state index contributed by atoms with van der Waals surface area (Å²) in [4.78, 5) is 46.5. The largest absolute Gasteiger partial charge is 0.492 e. The number of thioether (sulfide) groups is 1. The Morgan fingerprint density at radius 2 is 1.72 bits per heavy atom. The van der Waals surface area contributed by atoms with Gasteiger partial charge in [0.1, 0.15) is 11.3 Å². The molecule has 1 N–H and O–H groups in total. The molecule has 3 aromatic carbocycles. The van der Waals surface area contributed by atoms with Crippen LogP contribution in [0.5, 0.6) is 5.75 Å². The molecule has 0 bridgehead atoms. The van der Waals surface area contributed by atoms with Crippen LogP contribution >= 0.6 is 27.7 Å². The number of nitrogens with one attached hydrogen (secondary N) is 1. The van der Waals surface area contributed by atoms with Gasteiger partial charge in [0.05, 0.1) is 22.9 Å². The van der Waals surface area contributed by atoms with Crippen LogP contribution in [-0.2, 0) is 20.8 Å². The van der Waals surface area contributed by atoms with E-state index < -0.39 is 11.8 Å². The molecule has 3 aromatic rings. The average molecular weight is 711 g/mol. The fourth-order valence-electron chi connectivity index (χ4n) is 4.93. The van der Waals surface area contributed by atoms with Gasteiger partial charge in [-0.25, -0.2) is 0 Å². The smallest absolute Gasteiger partial charge is 0.285 e. The van der Waals surface area contributed by atoms with E-state index in [2.05, 4.69) is 39.4 Å². The number of ether oxygens (including phenoxy) is 1. The van der Waals surface area contributed by atoms with Gasteiger partial charge in [-0.2, -0.15) is 4.99 Å². The van der Waals surface area contributed by atoms with Crippen LogP contribution in [0.1, 0.15) is 42.1 Å². The fourth-order valence-corrected chi connectivity index (χ4v) is 6.37. The topological polar surface area (TPSA) is 88.1 Å². The van der Waals surface area contributed by atoms with Gasteiger partial charge in [0.2, 0.25) is 5.91 Å². The van der Waals surface area contributed by atoms with Crippen LogP contribution in [0.4, 0.5) is 0 Å². The molecule has 240 valence electrons. The first kappa shape index (κ1) is 35.1. The van der Waals surface area contributed by atoms with E-state index in [9.17, 15) is 14.4 Å². The summed E-state index contributed by atoms with van der Waals surface area (Å²) in [6, 6.07) is 22.6. The maximum absolute atomic E-state index is 14.1. The third-order valence-electron chi connectivity index (χ3n) is 7.02. The van der Waals surface area contributed by atoms with E-state index in [4.69, 9.17) is 4.74 Å². The Bertz CT molecular complexity index is 1720. The van der Waals surface area contributed by atoms with Gasteiger partial charge >= 0.3 is 0 Å². The quantitative estimate of drug-likeness (QED) is 0.0842. The lowest BCUT2D eigenvalue weighted by Gasteiger charge is -2.28. The molecule has 0 spiro atoms. The van der Waals surface area contributed by atoms with Crippen LogP contribution in [0.3, 0.4) is 0 Å². The Kier molecular flexibility index (Phi) is 12.9. The highest BCUT2D eigenvalue weighted by Gasteiger charge is 2.35. The Balaban J connectivity index is 1.66. The first-order valence-electron chi connectivity index (χ1n) is 15.0. The Labute approximate surface area is 288 Å². The molecule has 4 rings (SSSR count).